The van der Waals surface area contributed by atoms with Gasteiger partial charge in [0.2, 0.25) is 5.95 Å². The molecule has 0 spiro atoms. The molecule has 3 rings (SSSR count). The maximum absolute atomic E-state index is 12.2. The van der Waals surface area contributed by atoms with Gasteiger partial charge in [-0.15, -0.1) is 0 Å². The predicted molar refractivity (Wildman–Crippen MR) is 105 cm³/mol. The Morgan fingerprint density at radius 1 is 1.11 bits per heavy atom. The van der Waals surface area contributed by atoms with E-state index in [0.29, 0.717) is 17.9 Å². The van der Waals surface area contributed by atoms with E-state index in [1.807, 2.05) is 12.1 Å². The Balaban J connectivity index is 1.61. The summed E-state index contributed by atoms with van der Waals surface area (Å²) in [7, 11) is -3.03. The summed E-state index contributed by atoms with van der Waals surface area (Å²) in [5.74, 6) is 0.131. The molecule has 8 heteroatoms. The molecule has 27 heavy (non-hydrogen) atoms. The van der Waals surface area contributed by atoms with Crippen LogP contribution < -0.4 is 10.6 Å². The van der Waals surface area contributed by atoms with Gasteiger partial charge in [0.05, 0.1) is 17.1 Å². The van der Waals surface area contributed by atoms with E-state index in [1.54, 1.807) is 0 Å². The number of benzene rings is 1. The van der Waals surface area contributed by atoms with Crippen LogP contribution in [0.5, 0.6) is 0 Å². The Hall–Kier alpha value is -2.48. The third-order valence-electron chi connectivity index (χ3n) is 4.49. The van der Waals surface area contributed by atoms with Gasteiger partial charge in [-0.1, -0.05) is 32.9 Å². The summed E-state index contributed by atoms with van der Waals surface area (Å²) >= 11 is 0. The summed E-state index contributed by atoms with van der Waals surface area (Å²) in [6.07, 6.45) is 3.30. The molecule has 1 amide bonds. The molecule has 1 unspecified atom stereocenters. The van der Waals surface area contributed by atoms with E-state index in [-0.39, 0.29) is 28.9 Å². The van der Waals surface area contributed by atoms with Crippen LogP contribution >= 0.6 is 0 Å². The van der Waals surface area contributed by atoms with Gasteiger partial charge in [0.1, 0.15) is 0 Å². The lowest BCUT2D eigenvalue weighted by Crippen LogP contribution is -2.35. The number of sulfone groups is 1. The zero-order valence-electron chi connectivity index (χ0n) is 15.7. The molecule has 0 saturated carbocycles. The molecule has 1 atom stereocenters. The minimum atomic E-state index is -3.03. The first-order valence-electron chi connectivity index (χ1n) is 8.83. The van der Waals surface area contributed by atoms with Crippen LogP contribution in [-0.4, -0.2) is 41.8 Å². The first kappa shape index (κ1) is 19.3. The molecule has 0 aliphatic carbocycles. The van der Waals surface area contributed by atoms with Crippen molar-refractivity contribution >= 4 is 27.4 Å². The molecule has 2 aromatic rings. The second-order valence-corrected chi connectivity index (χ2v) is 10.0. The van der Waals surface area contributed by atoms with E-state index in [1.165, 1.54) is 18.0 Å². The molecular formula is C19H24N4O3S. The summed E-state index contributed by atoms with van der Waals surface area (Å²) in [4.78, 5) is 20.5. The van der Waals surface area contributed by atoms with Gasteiger partial charge in [0.25, 0.3) is 5.91 Å². The second kappa shape index (κ2) is 7.26. The number of hydrogen-bond acceptors (Lipinski definition) is 6. The van der Waals surface area contributed by atoms with E-state index < -0.39 is 9.84 Å². The van der Waals surface area contributed by atoms with Crippen molar-refractivity contribution in [2.24, 2.45) is 0 Å². The number of nitrogens with zero attached hydrogens (tertiary/aromatic N) is 2. The highest BCUT2D eigenvalue weighted by molar-refractivity contribution is 7.91. The van der Waals surface area contributed by atoms with Crippen molar-refractivity contribution < 1.29 is 13.2 Å². The predicted octanol–water partition coefficient (Wildman–Crippen LogP) is 2.43. The highest BCUT2D eigenvalue weighted by Crippen LogP contribution is 2.24. The van der Waals surface area contributed by atoms with Crippen LogP contribution in [0.1, 0.15) is 43.1 Å². The number of carbonyl (C=O) groups is 1. The van der Waals surface area contributed by atoms with E-state index in [9.17, 15) is 13.2 Å². The number of nitrogens with one attached hydrogen (secondary N) is 2. The van der Waals surface area contributed by atoms with Crippen molar-refractivity contribution in [1.29, 1.82) is 0 Å². The van der Waals surface area contributed by atoms with E-state index in [2.05, 4.69) is 53.5 Å². The number of rotatable bonds is 4. The normalized spacial score (nSPS) is 18.9. The molecule has 0 bridgehead atoms. The summed E-state index contributed by atoms with van der Waals surface area (Å²) in [6.45, 7) is 6.47. The molecule has 2 heterocycles. The Morgan fingerprint density at radius 3 is 2.26 bits per heavy atom. The molecule has 1 aliphatic heterocycles. The second-order valence-electron chi connectivity index (χ2n) is 7.82. The smallest absolute Gasteiger partial charge is 0.254 e. The minimum absolute atomic E-state index is 0.0101. The fraction of sp³-hybridized carbons (Fsp3) is 0.421. The van der Waals surface area contributed by atoms with Crippen LogP contribution in [-0.2, 0) is 15.3 Å². The Labute approximate surface area is 159 Å². The fourth-order valence-electron chi connectivity index (χ4n) is 2.87. The quantitative estimate of drug-likeness (QED) is 0.834. The van der Waals surface area contributed by atoms with Crippen molar-refractivity contribution in [3.63, 3.8) is 0 Å². The largest absolute Gasteiger partial charge is 0.348 e. The maximum Gasteiger partial charge on any atom is 0.254 e. The molecule has 1 aromatic carbocycles. The molecule has 1 aromatic heterocycles. The first-order valence-corrected chi connectivity index (χ1v) is 10.7. The van der Waals surface area contributed by atoms with Gasteiger partial charge in [0, 0.05) is 24.1 Å². The average molecular weight is 388 g/mol. The molecule has 144 valence electrons. The van der Waals surface area contributed by atoms with Crippen molar-refractivity contribution in [2.75, 3.05) is 16.8 Å². The van der Waals surface area contributed by atoms with E-state index >= 15 is 0 Å². The summed E-state index contributed by atoms with van der Waals surface area (Å²) < 4.78 is 22.9. The van der Waals surface area contributed by atoms with Gasteiger partial charge >= 0.3 is 0 Å². The number of hydrogen-bond donors (Lipinski definition) is 2. The lowest BCUT2D eigenvalue weighted by molar-refractivity contribution is 0.0940. The topological polar surface area (TPSA) is 101 Å². The van der Waals surface area contributed by atoms with Crippen molar-refractivity contribution in [3.8, 4) is 0 Å². The van der Waals surface area contributed by atoms with Crippen molar-refractivity contribution in [1.82, 2.24) is 15.3 Å². The van der Waals surface area contributed by atoms with Crippen LogP contribution in [0, 0.1) is 0 Å². The van der Waals surface area contributed by atoms with Gasteiger partial charge in [-0.25, -0.2) is 18.4 Å². The first-order chi connectivity index (χ1) is 12.6. The molecule has 1 fully saturated rings. The third-order valence-corrected chi connectivity index (χ3v) is 6.26. The molecule has 7 nitrogen and oxygen atoms in total. The average Bonchev–Trinajstić information content (AvgIpc) is 2.93. The molecule has 1 aliphatic rings. The highest BCUT2D eigenvalue weighted by Gasteiger charge is 2.29. The molecular weight excluding hydrogens is 364 g/mol. The van der Waals surface area contributed by atoms with Gasteiger partial charge < -0.3 is 10.6 Å². The molecule has 0 radical (unpaired) electrons. The molecule has 2 N–H and O–H groups in total. The van der Waals surface area contributed by atoms with Crippen molar-refractivity contribution in [2.45, 2.75) is 38.6 Å². The van der Waals surface area contributed by atoms with Crippen LogP contribution in [0.4, 0.5) is 11.6 Å². The van der Waals surface area contributed by atoms with Gasteiger partial charge in [-0.2, -0.15) is 0 Å². The van der Waals surface area contributed by atoms with Gasteiger partial charge in [-0.3, -0.25) is 4.79 Å². The van der Waals surface area contributed by atoms with Crippen LogP contribution in [0.25, 0.3) is 0 Å². The van der Waals surface area contributed by atoms with Crippen LogP contribution in [0.2, 0.25) is 0 Å². The zero-order valence-corrected chi connectivity index (χ0v) is 16.5. The van der Waals surface area contributed by atoms with Crippen LogP contribution in [0.15, 0.2) is 36.7 Å². The Morgan fingerprint density at radius 2 is 1.74 bits per heavy atom. The SMILES string of the molecule is CC(C)(C)c1ccc(Nc2ncc(C(=O)NC3CCS(=O)(=O)C3)cn2)cc1. The van der Waals surface area contributed by atoms with Gasteiger partial charge in [-0.05, 0) is 29.5 Å². The lowest BCUT2D eigenvalue weighted by Gasteiger charge is -2.19. The number of anilines is 2. The summed E-state index contributed by atoms with van der Waals surface area (Å²) in [6, 6.07) is 7.69. The Kier molecular flexibility index (Phi) is 5.19. The third kappa shape index (κ3) is 5.03. The number of aromatic nitrogens is 2. The summed E-state index contributed by atoms with van der Waals surface area (Å²) in [5.41, 5.74) is 2.47. The van der Waals surface area contributed by atoms with E-state index in [4.69, 9.17) is 0 Å². The number of carbonyl (C=O) groups excluding carboxylic acids is 1. The standard InChI is InChI=1S/C19H24N4O3S/c1-19(2,3)14-4-6-15(7-5-14)23-18-20-10-13(11-21-18)17(24)22-16-8-9-27(25,26)12-16/h4-7,10-11,16H,8-9,12H2,1-3H3,(H,22,24)(H,20,21,23). The monoisotopic (exact) mass is 388 g/mol. The van der Waals surface area contributed by atoms with Gasteiger partial charge in [0.15, 0.2) is 9.84 Å². The fourth-order valence-corrected chi connectivity index (χ4v) is 4.54. The molecule has 1 saturated heterocycles. The minimum Gasteiger partial charge on any atom is -0.348 e. The summed E-state index contributed by atoms with van der Waals surface area (Å²) in [5, 5.41) is 5.82. The maximum atomic E-state index is 12.2. The lowest BCUT2D eigenvalue weighted by atomic mass is 9.87. The van der Waals surface area contributed by atoms with E-state index in [0.717, 1.165) is 5.69 Å². The highest BCUT2D eigenvalue weighted by atomic mass is 32.2. The zero-order chi connectivity index (χ0) is 19.7. The number of amides is 1. The van der Waals surface area contributed by atoms with Crippen LogP contribution in [0.3, 0.4) is 0 Å². The van der Waals surface area contributed by atoms with Crippen molar-refractivity contribution in [3.05, 3.63) is 47.8 Å². The Bertz CT molecular complexity index is 917.